The van der Waals surface area contributed by atoms with Crippen molar-refractivity contribution in [1.29, 1.82) is 0 Å². The zero-order chi connectivity index (χ0) is 24.6. The first-order valence-electron chi connectivity index (χ1n) is 10.9. The maximum absolute atomic E-state index is 13.6. The number of ether oxygens (including phenoxy) is 1. The van der Waals surface area contributed by atoms with Crippen molar-refractivity contribution >= 4 is 5.91 Å². The lowest BCUT2D eigenvalue weighted by atomic mass is 10.1. The smallest absolute Gasteiger partial charge is 0.405 e. The highest BCUT2D eigenvalue weighted by Crippen LogP contribution is 2.38. The lowest BCUT2D eigenvalue weighted by Crippen LogP contribution is -2.31. The molecule has 0 N–H and O–H groups in total. The third-order valence-electron chi connectivity index (χ3n) is 5.78. The molecule has 1 atom stereocenters. The molecule has 0 radical (unpaired) electrons. The molecule has 180 valence electrons. The predicted octanol–water partition coefficient (Wildman–Crippen LogP) is 5.11. The standard InChI is InChI=1S/C24H20F3N5O3/c1-15-8-9-16(20(13-15)32-28-10-11-29-32)23(33)31-12-4-6-19(31)18-14-22(35-30-18)17-5-2-3-7-21(17)34-24(25,26)27/h2-3,5,7-11,13-14,19H,4,6,12H2,1H3. The van der Waals surface area contributed by atoms with Crippen LogP contribution in [0.4, 0.5) is 13.2 Å². The normalized spacial score (nSPS) is 16.0. The molecule has 35 heavy (non-hydrogen) atoms. The van der Waals surface area contributed by atoms with Gasteiger partial charge >= 0.3 is 6.36 Å². The van der Waals surface area contributed by atoms with Gasteiger partial charge < -0.3 is 14.2 Å². The van der Waals surface area contributed by atoms with Gasteiger partial charge in [-0.25, -0.2) is 0 Å². The van der Waals surface area contributed by atoms with E-state index in [1.807, 2.05) is 19.1 Å². The first kappa shape index (κ1) is 22.6. The van der Waals surface area contributed by atoms with Gasteiger partial charge in [-0.05, 0) is 49.6 Å². The number of carbonyl (C=O) groups is 1. The lowest BCUT2D eigenvalue weighted by Gasteiger charge is -2.24. The van der Waals surface area contributed by atoms with Crippen LogP contribution in [0.1, 0.15) is 40.5 Å². The molecule has 0 spiro atoms. The number of likely N-dealkylation sites (tertiary alicyclic amines) is 1. The van der Waals surface area contributed by atoms with Crippen LogP contribution in [0, 0.1) is 6.92 Å². The SMILES string of the molecule is Cc1ccc(C(=O)N2CCCC2c2cc(-c3ccccc3OC(F)(F)F)on2)c(-n2nccn2)c1. The summed E-state index contributed by atoms with van der Waals surface area (Å²) in [6.07, 6.45) is -0.394. The molecule has 1 amide bonds. The van der Waals surface area contributed by atoms with E-state index in [2.05, 4.69) is 20.1 Å². The summed E-state index contributed by atoms with van der Waals surface area (Å²) < 4.78 is 48.0. The lowest BCUT2D eigenvalue weighted by molar-refractivity contribution is -0.274. The molecule has 8 nitrogen and oxygen atoms in total. The van der Waals surface area contributed by atoms with Gasteiger partial charge in [-0.1, -0.05) is 23.4 Å². The van der Waals surface area contributed by atoms with Crippen molar-refractivity contribution < 1.29 is 27.2 Å². The third-order valence-corrected chi connectivity index (χ3v) is 5.78. The van der Waals surface area contributed by atoms with E-state index < -0.39 is 18.2 Å². The summed E-state index contributed by atoms with van der Waals surface area (Å²) in [6, 6.07) is 12.3. The summed E-state index contributed by atoms with van der Waals surface area (Å²) >= 11 is 0. The summed E-state index contributed by atoms with van der Waals surface area (Å²) in [4.78, 5) is 16.7. The molecular formula is C24H20F3N5O3. The fourth-order valence-electron chi connectivity index (χ4n) is 4.26. The van der Waals surface area contributed by atoms with E-state index in [1.54, 1.807) is 23.1 Å². The van der Waals surface area contributed by atoms with Crippen molar-refractivity contribution in [3.63, 3.8) is 0 Å². The number of hydrogen-bond acceptors (Lipinski definition) is 6. The van der Waals surface area contributed by atoms with Crippen LogP contribution in [-0.4, -0.2) is 43.9 Å². The molecule has 3 heterocycles. The molecule has 0 aliphatic carbocycles. The zero-order valence-corrected chi connectivity index (χ0v) is 18.6. The van der Waals surface area contributed by atoms with Crippen LogP contribution in [0.5, 0.6) is 5.75 Å². The molecule has 0 bridgehead atoms. The monoisotopic (exact) mass is 483 g/mol. The van der Waals surface area contributed by atoms with Gasteiger partial charge in [0.1, 0.15) is 11.4 Å². The number of benzene rings is 2. The van der Waals surface area contributed by atoms with Crippen molar-refractivity contribution in [2.45, 2.75) is 32.2 Å². The Kier molecular flexibility index (Phi) is 5.75. The van der Waals surface area contributed by atoms with Crippen LogP contribution in [0.15, 0.2) is 65.4 Å². The van der Waals surface area contributed by atoms with E-state index in [-0.39, 0.29) is 17.2 Å². The molecule has 5 rings (SSSR count). The Morgan fingerprint density at radius 3 is 2.66 bits per heavy atom. The number of hydrogen-bond donors (Lipinski definition) is 0. The number of alkyl halides is 3. The fraction of sp³-hybridized carbons (Fsp3) is 0.250. The minimum Gasteiger partial charge on any atom is -0.405 e. The second kappa shape index (κ2) is 8.90. The molecular weight excluding hydrogens is 463 g/mol. The number of carbonyl (C=O) groups excluding carboxylic acids is 1. The van der Waals surface area contributed by atoms with Gasteiger partial charge in [-0.15, -0.1) is 13.2 Å². The van der Waals surface area contributed by atoms with Crippen molar-refractivity contribution in [3.8, 4) is 22.8 Å². The van der Waals surface area contributed by atoms with Gasteiger partial charge in [0, 0.05) is 12.6 Å². The minimum atomic E-state index is -4.84. The average molecular weight is 483 g/mol. The molecule has 0 saturated carbocycles. The fourth-order valence-corrected chi connectivity index (χ4v) is 4.26. The highest BCUT2D eigenvalue weighted by Gasteiger charge is 2.35. The molecule has 1 unspecified atom stereocenters. The molecule has 4 aromatic rings. The van der Waals surface area contributed by atoms with E-state index in [4.69, 9.17) is 4.52 Å². The largest absolute Gasteiger partial charge is 0.573 e. The summed E-state index contributed by atoms with van der Waals surface area (Å²) in [5, 5.41) is 12.4. The number of halogens is 3. The topological polar surface area (TPSA) is 86.3 Å². The Hall–Kier alpha value is -4.15. The summed E-state index contributed by atoms with van der Waals surface area (Å²) in [5.41, 5.74) is 2.52. The third kappa shape index (κ3) is 4.61. The minimum absolute atomic E-state index is 0.116. The molecule has 2 aromatic heterocycles. The molecule has 1 fully saturated rings. The van der Waals surface area contributed by atoms with Crippen LogP contribution in [-0.2, 0) is 0 Å². The molecule has 1 saturated heterocycles. The summed E-state index contributed by atoms with van der Waals surface area (Å²) in [7, 11) is 0. The summed E-state index contributed by atoms with van der Waals surface area (Å²) in [6.45, 7) is 2.41. The Morgan fingerprint density at radius 1 is 1.11 bits per heavy atom. The average Bonchev–Trinajstić information content (AvgIpc) is 3.59. The van der Waals surface area contributed by atoms with Gasteiger partial charge in [0.15, 0.2) is 5.76 Å². The van der Waals surface area contributed by atoms with E-state index in [9.17, 15) is 18.0 Å². The predicted molar refractivity (Wildman–Crippen MR) is 118 cm³/mol. The highest BCUT2D eigenvalue weighted by molar-refractivity contribution is 5.98. The summed E-state index contributed by atoms with van der Waals surface area (Å²) in [5.74, 6) is -0.487. The number of aromatic nitrogens is 4. The second-order valence-corrected chi connectivity index (χ2v) is 8.16. The quantitative estimate of drug-likeness (QED) is 0.392. The van der Waals surface area contributed by atoms with Crippen LogP contribution in [0.25, 0.3) is 17.0 Å². The number of nitrogens with zero attached hydrogens (tertiary/aromatic N) is 5. The Balaban J connectivity index is 1.45. The van der Waals surface area contributed by atoms with E-state index >= 15 is 0 Å². The van der Waals surface area contributed by atoms with E-state index in [0.717, 1.165) is 12.0 Å². The first-order valence-corrected chi connectivity index (χ1v) is 10.9. The van der Waals surface area contributed by atoms with Crippen molar-refractivity contribution in [2.24, 2.45) is 0 Å². The maximum Gasteiger partial charge on any atom is 0.573 e. The number of aryl methyl sites for hydroxylation is 1. The van der Waals surface area contributed by atoms with E-state index in [1.165, 1.54) is 35.4 Å². The van der Waals surface area contributed by atoms with Gasteiger partial charge in [0.05, 0.1) is 35.2 Å². The maximum atomic E-state index is 13.6. The van der Waals surface area contributed by atoms with Gasteiger partial charge in [-0.2, -0.15) is 15.0 Å². The van der Waals surface area contributed by atoms with Crippen LogP contribution in [0.3, 0.4) is 0 Å². The Morgan fingerprint density at radius 2 is 1.89 bits per heavy atom. The number of rotatable bonds is 5. The van der Waals surface area contributed by atoms with Gasteiger partial charge in [0.2, 0.25) is 0 Å². The number of amides is 1. The second-order valence-electron chi connectivity index (χ2n) is 8.16. The Bertz CT molecular complexity index is 1350. The van der Waals surface area contributed by atoms with Gasteiger partial charge in [-0.3, -0.25) is 4.79 Å². The molecule has 2 aromatic carbocycles. The molecule has 11 heteroatoms. The van der Waals surface area contributed by atoms with Crippen molar-refractivity contribution in [3.05, 3.63) is 77.7 Å². The Labute approximate surface area is 197 Å². The first-order chi connectivity index (χ1) is 16.8. The highest BCUT2D eigenvalue weighted by atomic mass is 19.4. The van der Waals surface area contributed by atoms with Gasteiger partial charge in [0.25, 0.3) is 5.91 Å². The zero-order valence-electron chi connectivity index (χ0n) is 18.6. The molecule has 1 aliphatic rings. The van der Waals surface area contributed by atoms with Crippen LogP contribution in [0.2, 0.25) is 0 Å². The molecule has 1 aliphatic heterocycles. The number of para-hydroxylation sites is 1. The van der Waals surface area contributed by atoms with Crippen LogP contribution < -0.4 is 4.74 Å². The van der Waals surface area contributed by atoms with E-state index in [0.29, 0.717) is 29.9 Å². The van der Waals surface area contributed by atoms with Crippen molar-refractivity contribution in [1.82, 2.24) is 25.1 Å². The van der Waals surface area contributed by atoms with Crippen molar-refractivity contribution in [2.75, 3.05) is 6.54 Å². The van der Waals surface area contributed by atoms with Crippen LogP contribution >= 0.6 is 0 Å².